The minimum absolute atomic E-state index is 0.160. The molecule has 1 aromatic rings. The molecule has 0 aliphatic heterocycles. The highest BCUT2D eigenvalue weighted by atomic mass is 35.5. The summed E-state index contributed by atoms with van der Waals surface area (Å²) in [7, 11) is 1.48. The van der Waals surface area contributed by atoms with Gasteiger partial charge in [-0.2, -0.15) is 0 Å². The Morgan fingerprint density at radius 1 is 1.53 bits per heavy atom. The highest BCUT2D eigenvalue weighted by Gasteiger charge is 2.20. The van der Waals surface area contributed by atoms with Crippen molar-refractivity contribution in [3.63, 3.8) is 0 Å². The Morgan fingerprint density at radius 2 is 2.13 bits per heavy atom. The van der Waals surface area contributed by atoms with Gasteiger partial charge in [0.1, 0.15) is 5.75 Å². The zero-order chi connectivity index (χ0) is 11.6. The van der Waals surface area contributed by atoms with Gasteiger partial charge < -0.3 is 10.5 Å². The SMILES string of the molecule is COc1c(Cl)ccc(C)c1C(=O)C(C)N. The second kappa shape index (κ2) is 4.64. The molecule has 82 valence electrons. The molecule has 0 bridgehead atoms. The molecule has 0 aromatic heterocycles. The largest absolute Gasteiger partial charge is 0.494 e. The van der Waals surface area contributed by atoms with Crippen LogP contribution in [0, 0.1) is 6.92 Å². The zero-order valence-electron chi connectivity index (χ0n) is 9.00. The molecule has 1 atom stereocenters. The van der Waals surface area contributed by atoms with E-state index in [1.54, 1.807) is 19.1 Å². The van der Waals surface area contributed by atoms with E-state index in [0.717, 1.165) is 5.56 Å². The van der Waals surface area contributed by atoms with Gasteiger partial charge in [-0.05, 0) is 25.5 Å². The van der Waals surface area contributed by atoms with Crippen LogP contribution >= 0.6 is 11.6 Å². The Labute approximate surface area is 94.2 Å². The van der Waals surface area contributed by atoms with Crippen molar-refractivity contribution in [2.75, 3.05) is 7.11 Å². The van der Waals surface area contributed by atoms with Crippen molar-refractivity contribution in [3.8, 4) is 5.75 Å². The van der Waals surface area contributed by atoms with E-state index in [-0.39, 0.29) is 5.78 Å². The molecule has 2 N–H and O–H groups in total. The average Bonchev–Trinajstić information content (AvgIpc) is 2.19. The molecule has 0 fully saturated rings. The van der Waals surface area contributed by atoms with Gasteiger partial charge in [-0.25, -0.2) is 0 Å². The number of nitrogens with two attached hydrogens (primary N) is 1. The summed E-state index contributed by atoms with van der Waals surface area (Å²) in [6.45, 7) is 3.47. The van der Waals surface area contributed by atoms with E-state index in [4.69, 9.17) is 22.1 Å². The number of ether oxygens (including phenoxy) is 1. The fourth-order valence-corrected chi connectivity index (χ4v) is 1.62. The summed E-state index contributed by atoms with van der Waals surface area (Å²) in [6.07, 6.45) is 0. The molecule has 0 saturated carbocycles. The van der Waals surface area contributed by atoms with Gasteiger partial charge in [0.25, 0.3) is 0 Å². The van der Waals surface area contributed by atoms with Gasteiger partial charge in [0.05, 0.1) is 23.7 Å². The Morgan fingerprint density at radius 3 is 2.60 bits per heavy atom. The van der Waals surface area contributed by atoms with Crippen molar-refractivity contribution in [2.45, 2.75) is 19.9 Å². The number of carbonyl (C=O) groups is 1. The fraction of sp³-hybridized carbons (Fsp3) is 0.364. The molecular weight excluding hydrogens is 214 g/mol. The van der Waals surface area contributed by atoms with E-state index >= 15 is 0 Å². The first kappa shape index (κ1) is 12.0. The van der Waals surface area contributed by atoms with Gasteiger partial charge in [-0.15, -0.1) is 0 Å². The predicted molar refractivity (Wildman–Crippen MR) is 60.7 cm³/mol. The van der Waals surface area contributed by atoms with Gasteiger partial charge in [-0.1, -0.05) is 17.7 Å². The van der Waals surface area contributed by atoms with Crippen LogP contribution < -0.4 is 10.5 Å². The first-order valence-corrected chi connectivity index (χ1v) is 4.99. The Balaban J connectivity index is 3.37. The van der Waals surface area contributed by atoms with Crippen molar-refractivity contribution in [1.82, 2.24) is 0 Å². The zero-order valence-corrected chi connectivity index (χ0v) is 9.76. The van der Waals surface area contributed by atoms with Crippen LogP contribution in [0.4, 0.5) is 0 Å². The Hall–Kier alpha value is -1.06. The lowest BCUT2D eigenvalue weighted by Gasteiger charge is -2.13. The van der Waals surface area contributed by atoms with Crippen LogP contribution in [-0.4, -0.2) is 18.9 Å². The molecule has 4 heteroatoms. The topological polar surface area (TPSA) is 52.3 Å². The molecule has 1 aromatic carbocycles. The third kappa shape index (κ3) is 2.30. The van der Waals surface area contributed by atoms with Crippen LogP contribution in [0.15, 0.2) is 12.1 Å². The summed E-state index contributed by atoms with van der Waals surface area (Å²) in [5.74, 6) is 0.241. The van der Waals surface area contributed by atoms with E-state index in [1.807, 2.05) is 6.92 Å². The summed E-state index contributed by atoms with van der Waals surface area (Å²) < 4.78 is 5.12. The molecule has 1 rings (SSSR count). The van der Waals surface area contributed by atoms with Crippen LogP contribution in [0.5, 0.6) is 5.75 Å². The minimum atomic E-state index is -0.559. The van der Waals surface area contributed by atoms with Gasteiger partial charge in [0.2, 0.25) is 0 Å². The maximum Gasteiger partial charge on any atom is 0.183 e. The number of hydrogen-bond donors (Lipinski definition) is 1. The maximum atomic E-state index is 11.8. The quantitative estimate of drug-likeness (QED) is 0.806. The Bertz CT molecular complexity index is 388. The van der Waals surface area contributed by atoms with Crippen molar-refractivity contribution < 1.29 is 9.53 Å². The molecule has 0 aliphatic carbocycles. The number of aryl methyl sites for hydroxylation is 1. The minimum Gasteiger partial charge on any atom is -0.494 e. The first-order valence-electron chi connectivity index (χ1n) is 4.62. The fourth-order valence-electron chi connectivity index (χ4n) is 1.39. The van der Waals surface area contributed by atoms with Crippen molar-refractivity contribution in [1.29, 1.82) is 0 Å². The molecule has 1 unspecified atom stereocenters. The lowest BCUT2D eigenvalue weighted by Crippen LogP contribution is -2.27. The molecule has 0 heterocycles. The molecule has 3 nitrogen and oxygen atoms in total. The van der Waals surface area contributed by atoms with E-state index in [0.29, 0.717) is 16.3 Å². The van der Waals surface area contributed by atoms with Crippen LogP contribution in [0.25, 0.3) is 0 Å². The van der Waals surface area contributed by atoms with Crippen LogP contribution in [0.2, 0.25) is 5.02 Å². The van der Waals surface area contributed by atoms with Gasteiger partial charge in [0.15, 0.2) is 5.78 Å². The third-order valence-electron chi connectivity index (χ3n) is 2.18. The van der Waals surface area contributed by atoms with E-state index in [1.165, 1.54) is 7.11 Å². The van der Waals surface area contributed by atoms with Crippen LogP contribution in [0.1, 0.15) is 22.8 Å². The normalized spacial score (nSPS) is 12.3. The van der Waals surface area contributed by atoms with E-state index in [9.17, 15) is 4.79 Å². The van der Waals surface area contributed by atoms with Crippen LogP contribution in [0.3, 0.4) is 0 Å². The third-order valence-corrected chi connectivity index (χ3v) is 2.48. The highest BCUT2D eigenvalue weighted by Crippen LogP contribution is 2.31. The molecule has 0 amide bonds. The smallest absolute Gasteiger partial charge is 0.183 e. The van der Waals surface area contributed by atoms with E-state index in [2.05, 4.69) is 0 Å². The summed E-state index contributed by atoms with van der Waals surface area (Å²) in [5, 5.41) is 0.423. The van der Waals surface area contributed by atoms with Gasteiger partial charge in [0, 0.05) is 0 Å². The lowest BCUT2D eigenvalue weighted by molar-refractivity contribution is 0.0964. The average molecular weight is 228 g/mol. The van der Waals surface area contributed by atoms with E-state index < -0.39 is 6.04 Å². The lowest BCUT2D eigenvalue weighted by atomic mass is 9.99. The number of Topliss-reactive ketones (excluding diaryl/α,β-unsaturated/α-hetero) is 1. The second-order valence-corrected chi connectivity index (χ2v) is 3.83. The second-order valence-electron chi connectivity index (χ2n) is 3.43. The number of halogens is 1. The highest BCUT2D eigenvalue weighted by molar-refractivity contribution is 6.32. The number of hydrogen-bond acceptors (Lipinski definition) is 3. The molecule has 0 saturated heterocycles. The maximum absolute atomic E-state index is 11.8. The van der Waals surface area contributed by atoms with Gasteiger partial charge >= 0.3 is 0 Å². The predicted octanol–water partition coefficient (Wildman–Crippen LogP) is 2.19. The molecule has 0 spiro atoms. The Kier molecular flexibility index (Phi) is 3.72. The number of ketones is 1. The number of benzene rings is 1. The van der Waals surface area contributed by atoms with Crippen LogP contribution in [-0.2, 0) is 0 Å². The standard InChI is InChI=1S/C11H14ClNO2/c1-6-4-5-8(12)11(15-3)9(6)10(14)7(2)13/h4-5,7H,13H2,1-3H3. The molecule has 15 heavy (non-hydrogen) atoms. The molecule has 0 aliphatic rings. The summed E-state index contributed by atoms with van der Waals surface area (Å²) in [6, 6.07) is 2.92. The molecule has 0 radical (unpaired) electrons. The van der Waals surface area contributed by atoms with Crippen molar-refractivity contribution in [2.24, 2.45) is 5.73 Å². The molecular formula is C11H14ClNO2. The first-order chi connectivity index (χ1) is 6.99. The van der Waals surface area contributed by atoms with Gasteiger partial charge in [-0.3, -0.25) is 4.79 Å². The monoisotopic (exact) mass is 227 g/mol. The number of carbonyl (C=O) groups excluding carboxylic acids is 1. The van der Waals surface area contributed by atoms with Crippen molar-refractivity contribution >= 4 is 17.4 Å². The number of methoxy groups -OCH3 is 1. The summed E-state index contributed by atoms with van der Waals surface area (Å²) in [5.41, 5.74) is 6.85. The summed E-state index contributed by atoms with van der Waals surface area (Å²) >= 11 is 5.93. The number of rotatable bonds is 3. The summed E-state index contributed by atoms with van der Waals surface area (Å²) in [4.78, 5) is 11.8. The van der Waals surface area contributed by atoms with Crippen molar-refractivity contribution in [3.05, 3.63) is 28.3 Å².